The molecular weight excluding hydrogens is 385 g/mol. The number of aryl methyl sites for hydroxylation is 1. The van der Waals surface area contributed by atoms with E-state index in [1.54, 1.807) is 31.2 Å². The average Bonchev–Trinajstić information content (AvgIpc) is 2.46. The highest BCUT2D eigenvalue weighted by Gasteiger charge is 2.18. The summed E-state index contributed by atoms with van der Waals surface area (Å²) in [6, 6.07) is 11.7. The SMILES string of the molecule is Cc1cccc([N+](=O)[O-])c1OCC(=O)c1ccc(I)cc1. The summed E-state index contributed by atoms with van der Waals surface area (Å²) in [6.45, 7) is 1.48. The Morgan fingerprint density at radius 2 is 1.90 bits per heavy atom. The predicted molar refractivity (Wildman–Crippen MR) is 86.8 cm³/mol. The highest BCUT2D eigenvalue weighted by atomic mass is 127. The van der Waals surface area contributed by atoms with Crippen LogP contribution < -0.4 is 4.74 Å². The molecule has 2 aromatic carbocycles. The molecule has 108 valence electrons. The van der Waals surface area contributed by atoms with Crippen LogP contribution in [0.15, 0.2) is 42.5 Å². The zero-order valence-corrected chi connectivity index (χ0v) is 13.4. The molecule has 0 atom stereocenters. The Morgan fingerprint density at radius 1 is 1.24 bits per heavy atom. The van der Waals surface area contributed by atoms with Crippen LogP contribution in [0.1, 0.15) is 15.9 Å². The van der Waals surface area contributed by atoms with Crippen LogP contribution in [-0.4, -0.2) is 17.3 Å². The maximum atomic E-state index is 12.0. The largest absolute Gasteiger partial charge is 0.478 e. The number of ether oxygens (including phenoxy) is 1. The Morgan fingerprint density at radius 3 is 2.52 bits per heavy atom. The lowest BCUT2D eigenvalue weighted by molar-refractivity contribution is -0.385. The minimum absolute atomic E-state index is 0.134. The second-order valence-corrected chi connectivity index (χ2v) is 5.64. The minimum atomic E-state index is -0.516. The van der Waals surface area contributed by atoms with Crippen molar-refractivity contribution in [3.8, 4) is 5.75 Å². The van der Waals surface area contributed by atoms with Crippen LogP contribution >= 0.6 is 22.6 Å². The molecule has 0 bridgehead atoms. The Kier molecular flexibility index (Phi) is 4.89. The number of halogens is 1. The van der Waals surface area contributed by atoms with Gasteiger partial charge >= 0.3 is 5.69 Å². The van der Waals surface area contributed by atoms with Crippen molar-refractivity contribution in [1.29, 1.82) is 0 Å². The number of para-hydroxylation sites is 1. The second-order valence-electron chi connectivity index (χ2n) is 4.40. The quantitative estimate of drug-likeness (QED) is 0.333. The highest BCUT2D eigenvalue weighted by molar-refractivity contribution is 14.1. The number of ketones is 1. The molecule has 0 aliphatic rings. The molecule has 5 nitrogen and oxygen atoms in total. The van der Waals surface area contributed by atoms with Crippen molar-refractivity contribution in [2.24, 2.45) is 0 Å². The molecule has 0 saturated heterocycles. The number of carbonyl (C=O) groups is 1. The molecule has 6 heteroatoms. The number of nitrogens with zero attached hydrogens (tertiary/aromatic N) is 1. The van der Waals surface area contributed by atoms with Crippen molar-refractivity contribution >= 4 is 34.1 Å². The zero-order chi connectivity index (χ0) is 15.4. The molecule has 0 N–H and O–H groups in total. The fraction of sp³-hybridized carbons (Fsp3) is 0.133. The number of rotatable bonds is 5. The molecule has 0 fully saturated rings. The Hall–Kier alpha value is -1.96. The number of hydrogen-bond acceptors (Lipinski definition) is 4. The standard InChI is InChI=1S/C15H12INO4/c1-10-3-2-4-13(17(19)20)15(10)21-9-14(18)11-5-7-12(16)8-6-11/h2-8H,9H2,1H3. The average molecular weight is 397 g/mol. The Balaban J connectivity index is 2.15. The third kappa shape index (κ3) is 3.78. The van der Waals surface area contributed by atoms with Crippen molar-refractivity contribution in [3.63, 3.8) is 0 Å². The molecule has 21 heavy (non-hydrogen) atoms. The Labute approximate surface area is 135 Å². The fourth-order valence-corrected chi connectivity index (χ4v) is 2.18. The number of hydrogen-bond donors (Lipinski definition) is 0. The van der Waals surface area contributed by atoms with Crippen molar-refractivity contribution < 1.29 is 14.5 Å². The predicted octanol–water partition coefficient (Wildman–Crippen LogP) is 3.77. The molecule has 2 aromatic rings. The number of Topliss-reactive ketones (excluding diaryl/α,β-unsaturated/α-hetero) is 1. The monoisotopic (exact) mass is 397 g/mol. The Bertz CT molecular complexity index is 683. The van der Waals surface area contributed by atoms with Gasteiger partial charge in [-0.05, 0) is 47.2 Å². The second kappa shape index (κ2) is 6.66. The smallest absolute Gasteiger partial charge is 0.311 e. The van der Waals surface area contributed by atoms with Crippen molar-refractivity contribution in [1.82, 2.24) is 0 Å². The van der Waals surface area contributed by atoms with E-state index in [2.05, 4.69) is 22.6 Å². The lowest BCUT2D eigenvalue weighted by atomic mass is 10.1. The van der Waals surface area contributed by atoms with Gasteiger partial charge in [-0.2, -0.15) is 0 Å². The first-order valence-electron chi connectivity index (χ1n) is 6.14. The molecule has 0 amide bonds. The van der Waals surface area contributed by atoms with Crippen molar-refractivity contribution in [3.05, 3.63) is 67.3 Å². The normalized spacial score (nSPS) is 10.2. The maximum Gasteiger partial charge on any atom is 0.311 e. The van der Waals surface area contributed by atoms with E-state index in [0.717, 1.165) is 3.57 Å². The van der Waals surface area contributed by atoms with Crippen LogP contribution in [0, 0.1) is 20.6 Å². The van der Waals surface area contributed by atoms with Gasteiger partial charge in [0, 0.05) is 15.2 Å². The lowest BCUT2D eigenvalue weighted by Gasteiger charge is -2.08. The van der Waals surface area contributed by atoms with E-state index in [4.69, 9.17) is 4.74 Å². The highest BCUT2D eigenvalue weighted by Crippen LogP contribution is 2.30. The third-order valence-corrected chi connectivity index (χ3v) is 3.62. The number of nitro groups is 1. The van der Waals surface area contributed by atoms with Crippen LogP contribution in [0.4, 0.5) is 5.69 Å². The topological polar surface area (TPSA) is 69.4 Å². The van der Waals surface area contributed by atoms with Crippen molar-refractivity contribution in [2.75, 3.05) is 6.61 Å². The van der Waals surface area contributed by atoms with Gasteiger partial charge in [0.25, 0.3) is 0 Å². The van der Waals surface area contributed by atoms with Gasteiger partial charge in [-0.3, -0.25) is 14.9 Å². The first-order valence-corrected chi connectivity index (χ1v) is 7.22. The minimum Gasteiger partial charge on any atom is -0.478 e. The molecule has 0 heterocycles. The first-order chi connectivity index (χ1) is 9.99. The lowest BCUT2D eigenvalue weighted by Crippen LogP contribution is -2.13. The van der Waals surface area contributed by atoms with Crippen molar-refractivity contribution in [2.45, 2.75) is 6.92 Å². The molecule has 0 spiro atoms. The fourth-order valence-electron chi connectivity index (χ4n) is 1.83. The summed E-state index contributed by atoms with van der Waals surface area (Å²) in [5, 5.41) is 11.0. The van der Waals surface area contributed by atoms with Gasteiger partial charge in [0.15, 0.2) is 12.4 Å². The van der Waals surface area contributed by atoms with Gasteiger partial charge in [0.2, 0.25) is 5.75 Å². The summed E-state index contributed by atoms with van der Waals surface area (Å²) in [7, 11) is 0. The van der Waals surface area contributed by atoms with E-state index in [9.17, 15) is 14.9 Å². The van der Waals surface area contributed by atoms with E-state index < -0.39 is 4.92 Å². The number of benzene rings is 2. The van der Waals surface area contributed by atoms with Crippen LogP contribution in [0.5, 0.6) is 5.75 Å². The van der Waals surface area contributed by atoms with E-state index >= 15 is 0 Å². The number of carbonyl (C=O) groups excluding carboxylic acids is 1. The summed E-state index contributed by atoms with van der Waals surface area (Å²) in [4.78, 5) is 22.5. The van der Waals surface area contributed by atoms with Gasteiger partial charge in [-0.25, -0.2) is 0 Å². The van der Waals surface area contributed by atoms with E-state index in [-0.39, 0.29) is 23.8 Å². The van der Waals surface area contributed by atoms with Crippen LogP contribution in [0.3, 0.4) is 0 Å². The summed E-state index contributed by atoms with van der Waals surface area (Å²) in [6.07, 6.45) is 0. The zero-order valence-electron chi connectivity index (χ0n) is 11.2. The first kappa shape index (κ1) is 15.4. The van der Waals surface area contributed by atoms with Crippen LogP contribution in [-0.2, 0) is 0 Å². The van der Waals surface area contributed by atoms with E-state index in [0.29, 0.717) is 11.1 Å². The summed E-state index contributed by atoms with van der Waals surface area (Å²) in [5.41, 5.74) is 1.01. The third-order valence-electron chi connectivity index (χ3n) is 2.90. The molecule has 0 unspecified atom stereocenters. The number of nitro benzene ring substituents is 1. The van der Waals surface area contributed by atoms with Crippen LogP contribution in [0.25, 0.3) is 0 Å². The molecule has 0 aromatic heterocycles. The molecule has 2 rings (SSSR count). The molecular formula is C15H12INO4. The van der Waals surface area contributed by atoms with E-state index in [1.807, 2.05) is 12.1 Å². The van der Waals surface area contributed by atoms with Crippen LogP contribution in [0.2, 0.25) is 0 Å². The van der Waals surface area contributed by atoms with Gasteiger partial charge in [-0.1, -0.05) is 24.3 Å². The summed E-state index contributed by atoms with van der Waals surface area (Å²) >= 11 is 2.15. The van der Waals surface area contributed by atoms with Gasteiger partial charge < -0.3 is 4.74 Å². The van der Waals surface area contributed by atoms with Gasteiger partial charge in [-0.15, -0.1) is 0 Å². The van der Waals surface area contributed by atoms with Gasteiger partial charge in [0.05, 0.1) is 4.92 Å². The molecule has 0 saturated carbocycles. The molecule has 0 radical (unpaired) electrons. The van der Waals surface area contributed by atoms with E-state index in [1.165, 1.54) is 6.07 Å². The summed E-state index contributed by atoms with van der Waals surface area (Å²) < 4.78 is 6.41. The molecule has 0 aliphatic heterocycles. The summed E-state index contributed by atoms with van der Waals surface area (Å²) in [5.74, 6) is -0.0784. The maximum absolute atomic E-state index is 12.0. The molecule has 0 aliphatic carbocycles. The van der Waals surface area contributed by atoms with Gasteiger partial charge in [0.1, 0.15) is 0 Å².